The van der Waals surface area contributed by atoms with Gasteiger partial charge in [-0.3, -0.25) is 0 Å². The summed E-state index contributed by atoms with van der Waals surface area (Å²) in [6, 6.07) is 9.47. The molecule has 1 aliphatic rings. The van der Waals surface area contributed by atoms with Gasteiger partial charge in [-0.05, 0) is 48.2 Å². The lowest BCUT2D eigenvalue weighted by Gasteiger charge is -2.33. The lowest BCUT2D eigenvalue weighted by atomic mass is 9.98. The van der Waals surface area contributed by atoms with Gasteiger partial charge in [0.15, 0.2) is 0 Å². The van der Waals surface area contributed by atoms with E-state index in [-0.39, 0.29) is 0 Å². The van der Waals surface area contributed by atoms with Gasteiger partial charge in [0.1, 0.15) is 0 Å². The Morgan fingerprint density at radius 2 is 1.87 bits per heavy atom. The molecule has 0 saturated heterocycles. The number of hydrogen-bond donors (Lipinski definition) is 1. The van der Waals surface area contributed by atoms with Crippen LogP contribution in [-0.2, 0) is 18.3 Å². The molecule has 0 fully saturated rings. The minimum absolute atomic E-state index is 0.529. The minimum atomic E-state index is -4.35. The first-order chi connectivity index (χ1) is 10.9. The van der Waals surface area contributed by atoms with Crippen LogP contribution in [0.2, 0.25) is 5.02 Å². The standard InChI is InChI=1S/C17H15ClF3NS/c18-14-6-3-11(10-23)8-16(14)22-7-1-2-12-4-5-13(9-15(12)22)17(19,20)21/h3-6,8-9,23H,1-2,7,10H2. The highest BCUT2D eigenvalue weighted by molar-refractivity contribution is 7.79. The Morgan fingerprint density at radius 3 is 2.57 bits per heavy atom. The minimum Gasteiger partial charge on any atom is -0.340 e. The third kappa shape index (κ3) is 3.31. The predicted octanol–water partition coefficient (Wildman–Crippen LogP) is 5.87. The van der Waals surface area contributed by atoms with Crippen LogP contribution in [0.15, 0.2) is 36.4 Å². The number of fused-ring (bicyclic) bond motifs is 1. The Kier molecular flexibility index (Phi) is 4.52. The fraction of sp³-hybridized carbons (Fsp3) is 0.294. The van der Waals surface area contributed by atoms with Crippen molar-refractivity contribution in [2.24, 2.45) is 0 Å². The number of alkyl halides is 3. The van der Waals surface area contributed by atoms with Gasteiger partial charge in [0.25, 0.3) is 0 Å². The van der Waals surface area contributed by atoms with Crippen molar-refractivity contribution in [2.45, 2.75) is 24.8 Å². The molecule has 2 aromatic carbocycles. The van der Waals surface area contributed by atoms with Crippen LogP contribution < -0.4 is 4.90 Å². The molecule has 0 aliphatic carbocycles. The highest BCUT2D eigenvalue weighted by Gasteiger charge is 2.32. The van der Waals surface area contributed by atoms with Crippen LogP contribution in [0.5, 0.6) is 0 Å². The maximum Gasteiger partial charge on any atom is 0.416 e. The quantitative estimate of drug-likeness (QED) is 0.657. The van der Waals surface area contributed by atoms with E-state index in [9.17, 15) is 13.2 Å². The number of aryl methyl sites for hydroxylation is 1. The molecule has 2 aromatic rings. The maximum absolute atomic E-state index is 13.0. The first-order valence-corrected chi connectivity index (χ1v) is 8.28. The summed E-state index contributed by atoms with van der Waals surface area (Å²) in [5.74, 6) is 0.549. The molecular weight excluding hydrogens is 343 g/mol. The molecule has 1 heterocycles. The molecule has 0 atom stereocenters. The second-order valence-corrected chi connectivity index (χ2v) is 6.26. The van der Waals surface area contributed by atoms with Gasteiger partial charge in [-0.25, -0.2) is 0 Å². The van der Waals surface area contributed by atoms with Crippen molar-refractivity contribution < 1.29 is 13.2 Å². The SMILES string of the molecule is FC(F)(F)c1ccc2c(c1)N(c1cc(CS)ccc1Cl)CCC2. The zero-order valence-electron chi connectivity index (χ0n) is 12.2. The van der Waals surface area contributed by atoms with Crippen LogP contribution in [0.1, 0.15) is 23.1 Å². The first-order valence-electron chi connectivity index (χ1n) is 7.27. The van der Waals surface area contributed by atoms with Crippen LogP contribution in [0, 0.1) is 0 Å². The monoisotopic (exact) mass is 357 g/mol. The Labute approximate surface area is 143 Å². The lowest BCUT2D eigenvalue weighted by Crippen LogP contribution is -2.25. The van der Waals surface area contributed by atoms with Crippen LogP contribution >= 0.6 is 24.2 Å². The molecule has 0 N–H and O–H groups in total. The number of nitrogens with zero attached hydrogens (tertiary/aromatic N) is 1. The summed E-state index contributed by atoms with van der Waals surface area (Å²) < 4.78 is 39.1. The van der Waals surface area contributed by atoms with Gasteiger partial charge in [0.05, 0.1) is 16.3 Å². The second kappa shape index (κ2) is 6.29. The fourth-order valence-corrected chi connectivity index (χ4v) is 3.28. The Morgan fingerprint density at radius 1 is 1.09 bits per heavy atom. The number of rotatable bonds is 2. The molecule has 0 bridgehead atoms. The number of anilines is 2. The highest BCUT2D eigenvalue weighted by Crippen LogP contribution is 2.41. The molecule has 0 amide bonds. The third-order valence-electron chi connectivity index (χ3n) is 4.02. The summed E-state index contributed by atoms with van der Waals surface area (Å²) in [6.45, 7) is 0.643. The summed E-state index contributed by atoms with van der Waals surface area (Å²) in [6.07, 6.45) is -2.71. The molecule has 0 radical (unpaired) electrons. The van der Waals surface area contributed by atoms with Crippen molar-refractivity contribution in [3.63, 3.8) is 0 Å². The van der Waals surface area contributed by atoms with Crippen molar-refractivity contribution >= 4 is 35.6 Å². The largest absolute Gasteiger partial charge is 0.416 e. The number of benzene rings is 2. The molecule has 0 aromatic heterocycles. The number of thiol groups is 1. The van der Waals surface area contributed by atoms with Crippen molar-refractivity contribution in [3.8, 4) is 0 Å². The van der Waals surface area contributed by atoms with E-state index in [0.717, 1.165) is 35.7 Å². The van der Waals surface area contributed by atoms with Crippen LogP contribution in [-0.4, -0.2) is 6.54 Å². The Balaban J connectivity index is 2.11. The second-order valence-electron chi connectivity index (χ2n) is 5.54. The van der Waals surface area contributed by atoms with E-state index in [0.29, 0.717) is 23.0 Å². The van der Waals surface area contributed by atoms with Crippen molar-refractivity contribution in [1.29, 1.82) is 0 Å². The summed E-state index contributed by atoms with van der Waals surface area (Å²) in [7, 11) is 0. The first kappa shape index (κ1) is 16.5. The molecule has 122 valence electrons. The zero-order valence-corrected chi connectivity index (χ0v) is 13.8. The molecule has 23 heavy (non-hydrogen) atoms. The van der Waals surface area contributed by atoms with E-state index in [1.54, 1.807) is 12.1 Å². The van der Waals surface area contributed by atoms with Crippen LogP contribution in [0.25, 0.3) is 0 Å². The molecule has 1 aliphatic heterocycles. The van der Waals surface area contributed by atoms with Crippen molar-refractivity contribution in [3.05, 3.63) is 58.1 Å². The van der Waals surface area contributed by atoms with E-state index >= 15 is 0 Å². The lowest BCUT2D eigenvalue weighted by molar-refractivity contribution is -0.137. The Hall–Kier alpha value is -1.33. The predicted molar refractivity (Wildman–Crippen MR) is 90.9 cm³/mol. The van der Waals surface area contributed by atoms with Gasteiger partial charge in [-0.1, -0.05) is 23.7 Å². The third-order valence-corrected chi connectivity index (χ3v) is 4.70. The molecule has 3 rings (SSSR count). The van der Waals surface area contributed by atoms with Crippen LogP contribution in [0.3, 0.4) is 0 Å². The normalized spacial score (nSPS) is 14.7. The average molecular weight is 358 g/mol. The summed E-state index contributed by atoms with van der Waals surface area (Å²) >= 11 is 10.5. The van der Waals surface area contributed by atoms with E-state index in [1.807, 2.05) is 17.0 Å². The molecule has 0 unspecified atom stereocenters. The number of hydrogen-bond acceptors (Lipinski definition) is 2. The zero-order chi connectivity index (χ0) is 16.6. The maximum atomic E-state index is 13.0. The van der Waals surface area contributed by atoms with Gasteiger partial charge in [-0.15, -0.1) is 0 Å². The van der Waals surface area contributed by atoms with E-state index < -0.39 is 11.7 Å². The average Bonchev–Trinajstić information content (AvgIpc) is 2.53. The topological polar surface area (TPSA) is 3.24 Å². The summed E-state index contributed by atoms with van der Waals surface area (Å²) in [5, 5.41) is 0.529. The van der Waals surface area contributed by atoms with E-state index in [2.05, 4.69) is 12.6 Å². The van der Waals surface area contributed by atoms with Gasteiger partial charge in [-0.2, -0.15) is 25.8 Å². The molecule has 0 spiro atoms. The van der Waals surface area contributed by atoms with Crippen molar-refractivity contribution in [2.75, 3.05) is 11.4 Å². The fourth-order valence-electron chi connectivity index (χ4n) is 2.86. The Bertz CT molecular complexity index is 730. The summed E-state index contributed by atoms with van der Waals surface area (Å²) in [5.41, 5.74) is 2.58. The highest BCUT2D eigenvalue weighted by atomic mass is 35.5. The molecular formula is C17H15ClF3NS. The molecule has 6 heteroatoms. The van der Waals surface area contributed by atoms with E-state index in [1.165, 1.54) is 6.07 Å². The van der Waals surface area contributed by atoms with Gasteiger partial charge < -0.3 is 4.90 Å². The van der Waals surface area contributed by atoms with E-state index in [4.69, 9.17) is 11.6 Å². The van der Waals surface area contributed by atoms with Gasteiger partial charge >= 0.3 is 6.18 Å². The van der Waals surface area contributed by atoms with Crippen LogP contribution in [0.4, 0.5) is 24.5 Å². The smallest absolute Gasteiger partial charge is 0.340 e. The van der Waals surface area contributed by atoms with Crippen molar-refractivity contribution in [1.82, 2.24) is 0 Å². The number of halogens is 4. The summed E-state index contributed by atoms with van der Waals surface area (Å²) in [4.78, 5) is 1.88. The van der Waals surface area contributed by atoms with Gasteiger partial charge in [0, 0.05) is 18.0 Å². The van der Waals surface area contributed by atoms with Gasteiger partial charge in [0.2, 0.25) is 0 Å². The molecule has 1 nitrogen and oxygen atoms in total. The molecule has 0 saturated carbocycles.